The minimum atomic E-state index is -0.248. The highest BCUT2D eigenvalue weighted by molar-refractivity contribution is 7.14. The molecule has 3 aromatic rings. The largest absolute Gasteiger partial charge is 0.302 e. The van der Waals surface area contributed by atoms with Crippen LogP contribution in [0.4, 0.5) is 5.13 Å². The summed E-state index contributed by atoms with van der Waals surface area (Å²) in [5.41, 5.74) is 8.96. The Kier molecular flexibility index (Phi) is 4.94. The number of hydrogen-bond donors (Lipinski definition) is 3. The fraction of sp³-hybridized carbons (Fsp3) is 0.167. The second kappa shape index (κ2) is 7.51. The number of amides is 1. The summed E-state index contributed by atoms with van der Waals surface area (Å²) < 4.78 is 0. The molecule has 1 aliphatic rings. The fourth-order valence-corrected chi connectivity index (χ4v) is 3.75. The number of benzene rings is 1. The molecule has 8 heteroatoms. The van der Waals surface area contributed by atoms with E-state index in [4.69, 9.17) is 11.6 Å². The molecular weight excluding hydrogens is 370 g/mol. The number of rotatable bonds is 4. The molecule has 2 atom stereocenters. The second-order valence-corrected chi connectivity index (χ2v) is 7.22. The van der Waals surface area contributed by atoms with Crippen LogP contribution in [-0.4, -0.2) is 22.4 Å². The number of carbonyl (C=O) groups is 1. The van der Waals surface area contributed by atoms with E-state index in [1.54, 1.807) is 12.4 Å². The van der Waals surface area contributed by atoms with Gasteiger partial charge in [-0.3, -0.25) is 15.2 Å². The van der Waals surface area contributed by atoms with Crippen molar-refractivity contribution in [2.24, 2.45) is 5.92 Å². The van der Waals surface area contributed by atoms with Gasteiger partial charge in [0.1, 0.15) is 0 Å². The van der Waals surface area contributed by atoms with E-state index in [1.807, 2.05) is 41.8 Å². The van der Waals surface area contributed by atoms with Crippen LogP contribution in [0.25, 0.3) is 11.3 Å². The summed E-state index contributed by atoms with van der Waals surface area (Å²) in [4.78, 5) is 21.3. The van der Waals surface area contributed by atoms with Gasteiger partial charge >= 0.3 is 0 Å². The lowest BCUT2D eigenvalue weighted by atomic mass is 9.94. The monoisotopic (exact) mass is 385 g/mol. The van der Waals surface area contributed by atoms with Crippen molar-refractivity contribution in [2.75, 3.05) is 11.9 Å². The van der Waals surface area contributed by atoms with E-state index in [2.05, 4.69) is 26.1 Å². The van der Waals surface area contributed by atoms with Crippen molar-refractivity contribution in [1.82, 2.24) is 20.8 Å². The number of pyridine rings is 1. The van der Waals surface area contributed by atoms with Gasteiger partial charge in [-0.15, -0.1) is 11.3 Å². The SMILES string of the molecule is O=C(Nc1nc(-c2cccnc2)cs1)C1CNNC1c1ccc(Cl)cc1. The average molecular weight is 386 g/mol. The molecule has 3 heterocycles. The first-order chi connectivity index (χ1) is 12.7. The summed E-state index contributed by atoms with van der Waals surface area (Å²) in [6.07, 6.45) is 3.47. The van der Waals surface area contributed by atoms with Crippen molar-refractivity contribution in [1.29, 1.82) is 0 Å². The van der Waals surface area contributed by atoms with Crippen molar-refractivity contribution in [2.45, 2.75) is 6.04 Å². The molecule has 1 amide bonds. The highest BCUT2D eigenvalue weighted by Gasteiger charge is 2.34. The van der Waals surface area contributed by atoms with E-state index in [9.17, 15) is 4.79 Å². The lowest BCUT2D eigenvalue weighted by molar-refractivity contribution is -0.119. The maximum Gasteiger partial charge on any atom is 0.232 e. The maximum absolute atomic E-state index is 12.7. The predicted molar refractivity (Wildman–Crippen MR) is 103 cm³/mol. The topological polar surface area (TPSA) is 78.9 Å². The van der Waals surface area contributed by atoms with Gasteiger partial charge in [0.25, 0.3) is 0 Å². The van der Waals surface area contributed by atoms with Crippen LogP contribution in [0.15, 0.2) is 54.2 Å². The molecular formula is C18H16ClN5OS. The molecule has 0 spiro atoms. The summed E-state index contributed by atoms with van der Waals surface area (Å²) in [5, 5.41) is 6.09. The first kappa shape index (κ1) is 17.1. The van der Waals surface area contributed by atoms with E-state index < -0.39 is 0 Å². The summed E-state index contributed by atoms with van der Waals surface area (Å²) >= 11 is 7.35. The number of halogens is 1. The number of thiazole rings is 1. The van der Waals surface area contributed by atoms with Crippen LogP contribution in [0, 0.1) is 5.92 Å². The van der Waals surface area contributed by atoms with Gasteiger partial charge in [-0.05, 0) is 29.8 Å². The summed E-state index contributed by atoms with van der Waals surface area (Å²) in [6.45, 7) is 0.542. The molecule has 2 unspecified atom stereocenters. The van der Waals surface area contributed by atoms with Gasteiger partial charge in [0.2, 0.25) is 5.91 Å². The smallest absolute Gasteiger partial charge is 0.232 e. The van der Waals surface area contributed by atoms with Gasteiger partial charge < -0.3 is 5.32 Å². The number of nitrogens with one attached hydrogen (secondary N) is 3. The van der Waals surface area contributed by atoms with Crippen molar-refractivity contribution >= 4 is 34.0 Å². The number of anilines is 1. The van der Waals surface area contributed by atoms with E-state index in [-0.39, 0.29) is 17.9 Å². The highest BCUT2D eigenvalue weighted by Crippen LogP contribution is 2.29. The number of carbonyl (C=O) groups excluding carboxylic acids is 1. The molecule has 1 aromatic carbocycles. The molecule has 132 valence electrons. The first-order valence-electron chi connectivity index (χ1n) is 8.11. The lowest BCUT2D eigenvalue weighted by Crippen LogP contribution is -2.29. The van der Waals surface area contributed by atoms with Crippen LogP contribution in [0.5, 0.6) is 0 Å². The molecule has 0 aliphatic carbocycles. The lowest BCUT2D eigenvalue weighted by Gasteiger charge is -2.17. The van der Waals surface area contributed by atoms with Gasteiger partial charge in [0.15, 0.2) is 5.13 Å². The maximum atomic E-state index is 12.7. The van der Waals surface area contributed by atoms with Crippen LogP contribution in [0.1, 0.15) is 11.6 Å². The van der Waals surface area contributed by atoms with Gasteiger partial charge in [-0.2, -0.15) is 0 Å². The molecule has 3 N–H and O–H groups in total. The van der Waals surface area contributed by atoms with Gasteiger partial charge in [-0.25, -0.2) is 10.4 Å². The van der Waals surface area contributed by atoms with E-state index in [1.165, 1.54) is 11.3 Å². The summed E-state index contributed by atoms with van der Waals surface area (Å²) in [6, 6.07) is 11.2. The first-order valence-corrected chi connectivity index (χ1v) is 9.37. The van der Waals surface area contributed by atoms with Gasteiger partial charge in [0.05, 0.1) is 17.7 Å². The zero-order valence-corrected chi connectivity index (χ0v) is 15.2. The third-order valence-corrected chi connectivity index (χ3v) is 5.25. The van der Waals surface area contributed by atoms with E-state index >= 15 is 0 Å². The van der Waals surface area contributed by atoms with Gasteiger partial charge in [-0.1, -0.05) is 23.7 Å². The zero-order chi connectivity index (χ0) is 17.9. The minimum Gasteiger partial charge on any atom is -0.302 e. The Morgan fingerprint density at radius 3 is 2.88 bits per heavy atom. The van der Waals surface area contributed by atoms with Crippen molar-refractivity contribution in [3.05, 3.63) is 64.8 Å². The molecule has 0 bridgehead atoms. The fourth-order valence-electron chi connectivity index (χ4n) is 2.90. The molecule has 2 aromatic heterocycles. The molecule has 0 saturated carbocycles. The van der Waals surface area contributed by atoms with Crippen LogP contribution in [-0.2, 0) is 4.79 Å². The zero-order valence-electron chi connectivity index (χ0n) is 13.6. The quantitative estimate of drug-likeness (QED) is 0.642. The summed E-state index contributed by atoms with van der Waals surface area (Å²) in [7, 11) is 0. The molecule has 1 saturated heterocycles. The molecule has 26 heavy (non-hydrogen) atoms. The van der Waals surface area contributed by atoms with Crippen molar-refractivity contribution in [3.63, 3.8) is 0 Å². The number of nitrogens with zero attached hydrogens (tertiary/aromatic N) is 2. The van der Waals surface area contributed by atoms with Crippen LogP contribution in [0.3, 0.4) is 0 Å². The summed E-state index contributed by atoms with van der Waals surface area (Å²) in [5.74, 6) is -0.323. The highest BCUT2D eigenvalue weighted by atomic mass is 35.5. The Labute approximate surface area is 159 Å². The molecule has 4 rings (SSSR count). The molecule has 0 radical (unpaired) electrons. The standard InChI is InChI=1S/C18H16ClN5OS/c19-13-5-3-11(4-6-13)16-14(9-21-24-16)17(25)23-18-22-15(10-26-18)12-2-1-7-20-8-12/h1-8,10,14,16,21,24H,9H2,(H,22,23,25). The molecule has 1 fully saturated rings. The third-order valence-electron chi connectivity index (χ3n) is 4.24. The van der Waals surface area contributed by atoms with Crippen LogP contribution < -0.4 is 16.2 Å². The molecule has 1 aliphatic heterocycles. The normalized spacial score (nSPS) is 19.4. The number of aromatic nitrogens is 2. The third kappa shape index (κ3) is 3.61. The van der Waals surface area contributed by atoms with Crippen LogP contribution in [0.2, 0.25) is 5.02 Å². The average Bonchev–Trinajstić information content (AvgIpc) is 3.33. The Bertz CT molecular complexity index is 899. The Morgan fingerprint density at radius 2 is 2.12 bits per heavy atom. The van der Waals surface area contributed by atoms with E-state index in [0.717, 1.165) is 16.8 Å². The second-order valence-electron chi connectivity index (χ2n) is 5.93. The van der Waals surface area contributed by atoms with Crippen LogP contribution >= 0.6 is 22.9 Å². The number of hydrogen-bond acceptors (Lipinski definition) is 6. The molecule has 6 nitrogen and oxygen atoms in total. The van der Waals surface area contributed by atoms with Crippen molar-refractivity contribution in [3.8, 4) is 11.3 Å². The Hall–Kier alpha value is -2.32. The van der Waals surface area contributed by atoms with Gasteiger partial charge in [0, 0.05) is 34.9 Å². The van der Waals surface area contributed by atoms with E-state index in [0.29, 0.717) is 16.7 Å². The van der Waals surface area contributed by atoms with Crippen molar-refractivity contribution < 1.29 is 4.79 Å². The number of hydrazine groups is 1. The minimum absolute atomic E-state index is 0.0745. The predicted octanol–water partition coefficient (Wildman–Crippen LogP) is 3.26. The Balaban J connectivity index is 1.47. The Morgan fingerprint density at radius 1 is 1.27 bits per heavy atom.